The minimum atomic E-state index is 0.0713. The third-order valence-electron chi connectivity index (χ3n) is 4.45. The number of carbonyl (C=O) groups excluding carboxylic acids is 1. The van der Waals surface area contributed by atoms with Crippen molar-refractivity contribution in [1.82, 2.24) is 4.90 Å². The Balaban J connectivity index is 1.87. The standard InChI is InChI=1S/C19H22N2O2/c1-23-18-7-3-2-5-16(18)17-6-4-12-21(17)19(22)15-10-8-14(13-20)9-11-15/h2-3,5,7-11,17H,4,6,12-13,20H2,1H3. The molecule has 1 atom stereocenters. The maximum atomic E-state index is 12.9. The van der Waals surface area contributed by atoms with Crippen molar-refractivity contribution in [3.05, 3.63) is 65.2 Å². The van der Waals surface area contributed by atoms with Crippen LogP contribution in [0.1, 0.15) is 40.4 Å². The fraction of sp³-hybridized carbons (Fsp3) is 0.316. The van der Waals surface area contributed by atoms with Gasteiger partial charge in [-0.1, -0.05) is 30.3 Å². The van der Waals surface area contributed by atoms with Crippen LogP contribution in [0.25, 0.3) is 0 Å². The summed E-state index contributed by atoms with van der Waals surface area (Å²) in [5, 5.41) is 0. The molecule has 1 amide bonds. The van der Waals surface area contributed by atoms with Crippen LogP contribution >= 0.6 is 0 Å². The van der Waals surface area contributed by atoms with Gasteiger partial charge in [0.1, 0.15) is 5.75 Å². The fourth-order valence-corrected chi connectivity index (χ4v) is 3.22. The summed E-state index contributed by atoms with van der Waals surface area (Å²) < 4.78 is 5.47. The number of para-hydroxylation sites is 1. The fourth-order valence-electron chi connectivity index (χ4n) is 3.22. The monoisotopic (exact) mass is 310 g/mol. The number of carbonyl (C=O) groups is 1. The number of hydrogen-bond acceptors (Lipinski definition) is 3. The summed E-state index contributed by atoms with van der Waals surface area (Å²) in [7, 11) is 1.67. The van der Waals surface area contributed by atoms with Gasteiger partial charge in [-0.3, -0.25) is 4.79 Å². The van der Waals surface area contributed by atoms with E-state index in [1.807, 2.05) is 53.4 Å². The Kier molecular flexibility index (Phi) is 4.63. The molecular weight excluding hydrogens is 288 g/mol. The normalized spacial score (nSPS) is 17.3. The SMILES string of the molecule is COc1ccccc1C1CCCN1C(=O)c1ccc(CN)cc1. The molecule has 1 fully saturated rings. The van der Waals surface area contributed by atoms with Crippen LogP contribution in [-0.2, 0) is 6.54 Å². The second-order valence-electron chi connectivity index (χ2n) is 5.80. The third kappa shape index (κ3) is 3.08. The van der Waals surface area contributed by atoms with Gasteiger partial charge in [0.15, 0.2) is 0 Å². The molecule has 1 heterocycles. The van der Waals surface area contributed by atoms with Gasteiger partial charge in [0, 0.05) is 24.2 Å². The summed E-state index contributed by atoms with van der Waals surface area (Å²) in [5.74, 6) is 0.914. The Labute approximate surface area is 136 Å². The van der Waals surface area contributed by atoms with Gasteiger partial charge < -0.3 is 15.4 Å². The van der Waals surface area contributed by atoms with Crippen molar-refractivity contribution >= 4 is 5.91 Å². The molecule has 0 aromatic heterocycles. The first-order valence-corrected chi connectivity index (χ1v) is 7.97. The van der Waals surface area contributed by atoms with Crippen LogP contribution in [0.5, 0.6) is 5.75 Å². The predicted molar refractivity (Wildman–Crippen MR) is 90.3 cm³/mol. The Bertz CT molecular complexity index is 682. The predicted octanol–water partition coefficient (Wildman–Crippen LogP) is 3.13. The molecule has 0 aliphatic carbocycles. The van der Waals surface area contributed by atoms with E-state index in [1.54, 1.807) is 7.11 Å². The summed E-state index contributed by atoms with van der Waals surface area (Å²) in [4.78, 5) is 14.8. The Morgan fingerprint density at radius 1 is 1.22 bits per heavy atom. The highest BCUT2D eigenvalue weighted by molar-refractivity contribution is 5.94. The van der Waals surface area contributed by atoms with Gasteiger partial charge in [0.2, 0.25) is 0 Å². The zero-order valence-electron chi connectivity index (χ0n) is 13.4. The van der Waals surface area contributed by atoms with E-state index in [4.69, 9.17) is 10.5 Å². The average molecular weight is 310 g/mol. The molecule has 1 aliphatic heterocycles. The molecular formula is C19H22N2O2. The Hall–Kier alpha value is -2.33. The number of benzene rings is 2. The molecule has 0 saturated carbocycles. The van der Waals surface area contributed by atoms with Crippen LogP contribution in [0.3, 0.4) is 0 Å². The first kappa shape index (κ1) is 15.6. The smallest absolute Gasteiger partial charge is 0.254 e. The lowest BCUT2D eigenvalue weighted by molar-refractivity contribution is 0.0734. The van der Waals surface area contributed by atoms with E-state index in [1.165, 1.54) is 0 Å². The number of amides is 1. The van der Waals surface area contributed by atoms with E-state index in [0.717, 1.165) is 36.3 Å². The van der Waals surface area contributed by atoms with Gasteiger partial charge in [-0.15, -0.1) is 0 Å². The molecule has 4 heteroatoms. The zero-order valence-corrected chi connectivity index (χ0v) is 13.4. The van der Waals surface area contributed by atoms with Crippen molar-refractivity contribution in [3.8, 4) is 5.75 Å². The average Bonchev–Trinajstić information content (AvgIpc) is 3.10. The molecule has 0 bridgehead atoms. The lowest BCUT2D eigenvalue weighted by Crippen LogP contribution is -2.30. The number of methoxy groups -OCH3 is 1. The van der Waals surface area contributed by atoms with Crippen LogP contribution in [0.15, 0.2) is 48.5 Å². The number of nitrogens with zero attached hydrogens (tertiary/aromatic N) is 1. The van der Waals surface area contributed by atoms with E-state index < -0.39 is 0 Å². The number of nitrogens with two attached hydrogens (primary N) is 1. The quantitative estimate of drug-likeness (QED) is 0.944. The third-order valence-corrected chi connectivity index (χ3v) is 4.45. The summed E-state index contributed by atoms with van der Waals surface area (Å²) in [6.45, 7) is 1.27. The number of likely N-dealkylation sites (tertiary alicyclic amines) is 1. The summed E-state index contributed by atoms with van der Waals surface area (Å²) in [5.41, 5.74) is 8.45. The van der Waals surface area contributed by atoms with Crippen molar-refractivity contribution < 1.29 is 9.53 Å². The molecule has 0 spiro atoms. The molecule has 2 aromatic rings. The summed E-state index contributed by atoms with van der Waals surface area (Å²) in [6.07, 6.45) is 1.97. The van der Waals surface area contributed by atoms with Crippen LogP contribution in [0.4, 0.5) is 0 Å². The van der Waals surface area contributed by atoms with E-state index in [0.29, 0.717) is 12.1 Å². The van der Waals surface area contributed by atoms with Gasteiger partial charge in [-0.25, -0.2) is 0 Å². The lowest BCUT2D eigenvalue weighted by atomic mass is 10.0. The molecule has 1 unspecified atom stereocenters. The zero-order chi connectivity index (χ0) is 16.2. The highest BCUT2D eigenvalue weighted by Gasteiger charge is 2.32. The van der Waals surface area contributed by atoms with Crippen molar-refractivity contribution in [2.24, 2.45) is 5.73 Å². The first-order valence-electron chi connectivity index (χ1n) is 7.97. The maximum absolute atomic E-state index is 12.9. The molecule has 4 nitrogen and oxygen atoms in total. The number of hydrogen-bond donors (Lipinski definition) is 1. The summed E-state index contributed by atoms with van der Waals surface area (Å²) in [6, 6.07) is 15.6. The molecule has 0 radical (unpaired) electrons. The second-order valence-corrected chi connectivity index (χ2v) is 5.80. The lowest BCUT2D eigenvalue weighted by Gasteiger charge is -2.26. The van der Waals surface area contributed by atoms with Gasteiger partial charge >= 0.3 is 0 Å². The van der Waals surface area contributed by atoms with Gasteiger partial charge in [0.05, 0.1) is 13.2 Å². The van der Waals surface area contributed by atoms with E-state index in [-0.39, 0.29) is 11.9 Å². The molecule has 120 valence electrons. The molecule has 3 rings (SSSR count). The van der Waals surface area contributed by atoms with E-state index >= 15 is 0 Å². The number of ether oxygens (including phenoxy) is 1. The van der Waals surface area contributed by atoms with Gasteiger partial charge in [0.25, 0.3) is 5.91 Å². The first-order chi connectivity index (χ1) is 11.2. The minimum Gasteiger partial charge on any atom is -0.496 e. The molecule has 1 saturated heterocycles. The van der Waals surface area contributed by atoms with Crippen molar-refractivity contribution in [1.29, 1.82) is 0 Å². The highest BCUT2D eigenvalue weighted by atomic mass is 16.5. The molecule has 2 aromatic carbocycles. The summed E-state index contributed by atoms with van der Waals surface area (Å²) >= 11 is 0. The highest BCUT2D eigenvalue weighted by Crippen LogP contribution is 2.37. The van der Waals surface area contributed by atoms with Crippen LogP contribution in [0.2, 0.25) is 0 Å². The number of rotatable bonds is 4. The second kappa shape index (κ2) is 6.84. The van der Waals surface area contributed by atoms with E-state index in [9.17, 15) is 4.79 Å². The van der Waals surface area contributed by atoms with Crippen LogP contribution in [0, 0.1) is 0 Å². The Morgan fingerprint density at radius 3 is 2.65 bits per heavy atom. The van der Waals surface area contributed by atoms with Crippen molar-refractivity contribution in [3.63, 3.8) is 0 Å². The van der Waals surface area contributed by atoms with E-state index in [2.05, 4.69) is 0 Å². The minimum absolute atomic E-state index is 0.0713. The van der Waals surface area contributed by atoms with Gasteiger partial charge in [-0.05, 0) is 36.6 Å². The van der Waals surface area contributed by atoms with Crippen molar-refractivity contribution in [2.45, 2.75) is 25.4 Å². The van der Waals surface area contributed by atoms with Gasteiger partial charge in [-0.2, -0.15) is 0 Å². The molecule has 1 aliphatic rings. The Morgan fingerprint density at radius 2 is 1.96 bits per heavy atom. The topological polar surface area (TPSA) is 55.6 Å². The largest absolute Gasteiger partial charge is 0.496 e. The molecule has 23 heavy (non-hydrogen) atoms. The van der Waals surface area contributed by atoms with Crippen molar-refractivity contribution in [2.75, 3.05) is 13.7 Å². The molecule has 2 N–H and O–H groups in total. The maximum Gasteiger partial charge on any atom is 0.254 e. The van der Waals surface area contributed by atoms with Crippen LogP contribution < -0.4 is 10.5 Å². The van der Waals surface area contributed by atoms with Crippen LogP contribution in [-0.4, -0.2) is 24.5 Å².